The molecule has 39 heavy (non-hydrogen) atoms. The Kier molecular flexibility index (Phi) is 7.60. The summed E-state index contributed by atoms with van der Waals surface area (Å²) >= 11 is 1.74. The fourth-order valence-electron chi connectivity index (χ4n) is 6.16. The van der Waals surface area contributed by atoms with Crippen molar-refractivity contribution >= 4 is 33.0 Å². The first-order valence-corrected chi connectivity index (χ1v) is 16.0. The largest absolute Gasteiger partial charge is 0.492 e. The van der Waals surface area contributed by atoms with E-state index in [-0.39, 0.29) is 30.4 Å². The van der Waals surface area contributed by atoms with Crippen LogP contribution < -0.4 is 15.0 Å². The van der Waals surface area contributed by atoms with E-state index in [1.54, 1.807) is 29.5 Å². The minimum absolute atomic E-state index is 0.0353. The zero-order valence-electron chi connectivity index (χ0n) is 22.0. The van der Waals surface area contributed by atoms with Gasteiger partial charge in [0.25, 0.3) is 0 Å². The molecule has 3 saturated heterocycles. The number of fused-ring (bicyclic) bond motifs is 2. The Morgan fingerprint density at radius 3 is 2.62 bits per heavy atom. The number of nitrogens with zero attached hydrogens (tertiary/aromatic N) is 3. The van der Waals surface area contributed by atoms with Crippen LogP contribution in [0.2, 0.25) is 0 Å². The summed E-state index contributed by atoms with van der Waals surface area (Å²) < 4.78 is 40.7. The molecule has 4 aliphatic heterocycles. The highest BCUT2D eigenvalue weighted by molar-refractivity contribution is 7.89. The van der Waals surface area contributed by atoms with Crippen molar-refractivity contribution < 1.29 is 27.8 Å². The Bertz CT molecular complexity index is 1270. The number of likely N-dealkylation sites (tertiary alicyclic amines) is 1. The molecule has 3 fully saturated rings. The number of benzene rings is 1. The van der Waals surface area contributed by atoms with Crippen LogP contribution in [0.15, 0.2) is 40.6 Å². The molecule has 1 aromatic heterocycles. The molecule has 212 valence electrons. The molecule has 0 radical (unpaired) electrons. The Hall–Kier alpha value is -2.22. The van der Waals surface area contributed by atoms with Crippen LogP contribution in [0.25, 0.3) is 0 Å². The number of hydrogen-bond donors (Lipinski definition) is 2. The highest BCUT2D eigenvalue weighted by Crippen LogP contribution is 2.37. The monoisotopic (exact) mass is 576 g/mol. The standard InChI is InChI=1S/C27H36N4O6S2/c32-21-17-23-26(33)28-27(5-8-29(9-6-27)19-22-2-1-15-38-22)7-12-37-24-16-20(30-10-13-36-14-11-30)3-4-25(24)39(34,35)31(23)18-21/h1-4,15-16,21,23,32H,5-14,17-19H2,(H,28,33)/t21-,23+/m1/s1. The SMILES string of the molecule is O=C1NC2(CCOc3cc(N4CCOCC4)ccc3S(=O)(=O)N3C[C@H](O)C[C@@H]13)CCN(Cc1cccs1)CC2. The molecule has 0 unspecified atom stereocenters. The van der Waals surface area contributed by atoms with Gasteiger partial charge in [0.05, 0.1) is 25.9 Å². The summed E-state index contributed by atoms with van der Waals surface area (Å²) in [6.45, 7) is 5.37. The van der Waals surface area contributed by atoms with Crippen molar-refractivity contribution in [2.24, 2.45) is 0 Å². The first-order valence-electron chi connectivity index (χ1n) is 13.7. The number of aliphatic hydroxyl groups excluding tert-OH is 1. The maximum atomic E-state index is 13.9. The van der Waals surface area contributed by atoms with E-state index in [9.17, 15) is 18.3 Å². The molecule has 1 amide bonds. The van der Waals surface area contributed by atoms with Gasteiger partial charge in [0, 0.05) is 74.3 Å². The van der Waals surface area contributed by atoms with Gasteiger partial charge in [-0.25, -0.2) is 8.42 Å². The van der Waals surface area contributed by atoms with E-state index in [1.807, 2.05) is 0 Å². The molecule has 12 heteroatoms. The number of sulfonamides is 1. The first-order chi connectivity index (χ1) is 18.8. The van der Waals surface area contributed by atoms with Gasteiger partial charge >= 0.3 is 0 Å². The molecule has 1 aromatic carbocycles. The second-order valence-electron chi connectivity index (χ2n) is 10.9. The van der Waals surface area contributed by atoms with Crippen LogP contribution in [-0.4, -0.2) is 98.9 Å². The van der Waals surface area contributed by atoms with Gasteiger partial charge in [0.2, 0.25) is 15.9 Å². The average Bonchev–Trinajstić information content (AvgIpc) is 3.60. The number of ether oxygens (including phenoxy) is 2. The second-order valence-corrected chi connectivity index (χ2v) is 13.8. The lowest BCUT2D eigenvalue weighted by Gasteiger charge is -2.43. The predicted octanol–water partition coefficient (Wildman–Crippen LogP) is 1.64. The van der Waals surface area contributed by atoms with Crippen molar-refractivity contribution in [2.75, 3.05) is 57.4 Å². The van der Waals surface area contributed by atoms with Gasteiger partial charge in [0.1, 0.15) is 16.7 Å². The van der Waals surface area contributed by atoms with Crippen LogP contribution in [0.3, 0.4) is 0 Å². The summed E-state index contributed by atoms with van der Waals surface area (Å²) in [5.41, 5.74) is 0.379. The van der Waals surface area contributed by atoms with E-state index < -0.39 is 27.7 Å². The molecule has 2 atom stereocenters. The van der Waals surface area contributed by atoms with Gasteiger partial charge < -0.3 is 24.8 Å². The third kappa shape index (κ3) is 5.55. The van der Waals surface area contributed by atoms with Crippen molar-refractivity contribution in [1.29, 1.82) is 0 Å². The molecule has 1 spiro atoms. The zero-order chi connectivity index (χ0) is 27.0. The lowest BCUT2D eigenvalue weighted by atomic mass is 9.84. The van der Waals surface area contributed by atoms with E-state index in [0.29, 0.717) is 25.4 Å². The average molecular weight is 577 g/mol. The van der Waals surface area contributed by atoms with Crippen LogP contribution >= 0.6 is 11.3 Å². The predicted molar refractivity (Wildman–Crippen MR) is 148 cm³/mol. The fraction of sp³-hybridized carbons (Fsp3) is 0.593. The molecule has 2 aromatic rings. The molecule has 2 N–H and O–H groups in total. The van der Waals surface area contributed by atoms with Gasteiger partial charge in [-0.15, -0.1) is 11.3 Å². The number of hydrogen-bond acceptors (Lipinski definition) is 9. The molecular formula is C27H36N4O6S2. The Morgan fingerprint density at radius 2 is 1.87 bits per heavy atom. The van der Waals surface area contributed by atoms with Crippen LogP contribution in [0.4, 0.5) is 5.69 Å². The molecule has 6 rings (SSSR count). The molecular weight excluding hydrogens is 540 g/mol. The van der Waals surface area contributed by atoms with E-state index in [0.717, 1.165) is 55.6 Å². The third-order valence-corrected chi connectivity index (χ3v) is 11.2. The van der Waals surface area contributed by atoms with Crippen LogP contribution in [-0.2, 0) is 26.1 Å². The third-order valence-electron chi connectivity index (χ3n) is 8.43. The maximum absolute atomic E-state index is 13.9. The lowest BCUT2D eigenvalue weighted by Crippen LogP contribution is -2.59. The number of piperidine rings is 1. The van der Waals surface area contributed by atoms with Crippen molar-refractivity contribution in [3.63, 3.8) is 0 Å². The number of carbonyl (C=O) groups excluding carboxylic acids is 1. The summed E-state index contributed by atoms with van der Waals surface area (Å²) in [5.74, 6) is -0.0472. The van der Waals surface area contributed by atoms with Crippen LogP contribution in [0, 0.1) is 0 Å². The van der Waals surface area contributed by atoms with E-state index in [2.05, 4.69) is 32.6 Å². The highest BCUT2D eigenvalue weighted by atomic mass is 32.2. The van der Waals surface area contributed by atoms with Gasteiger partial charge in [-0.2, -0.15) is 4.31 Å². The molecule has 4 aliphatic rings. The second kappa shape index (κ2) is 11.0. The number of carbonyl (C=O) groups is 1. The summed E-state index contributed by atoms with van der Waals surface area (Å²) in [4.78, 5) is 19.5. The molecule has 0 saturated carbocycles. The van der Waals surface area contributed by atoms with E-state index in [4.69, 9.17) is 9.47 Å². The molecule has 0 bridgehead atoms. The number of thiophene rings is 1. The topological polar surface area (TPSA) is 112 Å². The van der Waals surface area contributed by atoms with Gasteiger partial charge in [-0.1, -0.05) is 6.07 Å². The van der Waals surface area contributed by atoms with E-state index in [1.165, 1.54) is 4.88 Å². The normalized spacial score (nSPS) is 27.7. The zero-order valence-corrected chi connectivity index (χ0v) is 23.6. The number of amides is 1. The summed E-state index contributed by atoms with van der Waals surface area (Å²) in [7, 11) is -4.09. The first kappa shape index (κ1) is 27.0. The Balaban J connectivity index is 1.29. The minimum Gasteiger partial charge on any atom is -0.492 e. The quantitative estimate of drug-likeness (QED) is 0.568. The number of aliphatic hydroxyl groups is 1. The van der Waals surface area contributed by atoms with Gasteiger partial charge in [0.15, 0.2) is 0 Å². The molecule has 5 heterocycles. The Labute approximate surface area is 233 Å². The lowest BCUT2D eigenvalue weighted by molar-refractivity contribution is -0.127. The summed E-state index contributed by atoms with van der Waals surface area (Å²) in [6, 6.07) is 8.40. The number of nitrogens with one attached hydrogen (secondary N) is 1. The van der Waals surface area contributed by atoms with Crippen molar-refractivity contribution in [3.8, 4) is 5.75 Å². The van der Waals surface area contributed by atoms with Crippen molar-refractivity contribution in [3.05, 3.63) is 40.6 Å². The number of morpholine rings is 1. The number of anilines is 1. The van der Waals surface area contributed by atoms with Crippen LogP contribution in [0.1, 0.15) is 30.6 Å². The van der Waals surface area contributed by atoms with E-state index >= 15 is 0 Å². The van der Waals surface area contributed by atoms with Crippen molar-refractivity contribution in [1.82, 2.24) is 14.5 Å². The minimum atomic E-state index is -4.09. The molecule has 0 aliphatic carbocycles. The maximum Gasteiger partial charge on any atom is 0.247 e. The smallest absolute Gasteiger partial charge is 0.247 e. The molecule has 10 nitrogen and oxygen atoms in total. The van der Waals surface area contributed by atoms with Crippen molar-refractivity contribution in [2.45, 2.75) is 54.8 Å². The number of rotatable bonds is 3. The van der Waals surface area contributed by atoms with Gasteiger partial charge in [-0.05, 0) is 36.4 Å². The van der Waals surface area contributed by atoms with Gasteiger partial charge in [-0.3, -0.25) is 9.69 Å². The fourth-order valence-corrected chi connectivity index (χ4v) is 8.65. The summed E-state index contributed by atoms with van der Waals surface area (Å²) in [6.07, 6.45) is 1.24. The van der Waals surface area contributed by atoms with Crippen LogP contribution in [0.5, 0.6) is 5.75 Å². The highest BCUT2D eigenvalue weighted by Gasteiger charge is 2.47. The Morgan fingerprint density at radius 1 is 1.08 bits per heavy atom. The summed E-state index contributed by atoms with van der Waals surface area (Å²) in [5, 5.41) is 15.8.